The first-order chi connectivity index (χ1) is 7.67. The molecule has 0 bridgehead atoms. The van der Waals surface area contributed by atoms with E-state index in [0.29, 0.717) is 18.3 Å². The van der Waals surface area contributed by atoms with Crippen molar-refractivity contribution in [3.8, 4) is 0 Å². The zero-order chi connectivity index (χ0) is 12.6. The lowest BCUT2D eigenvalue weighted by Gasteiger charge is -2.08. The number of aliphatic hydroxyl groups excluding tert-OH is 1. The van der Waals surface area contributed by atoms with Gasteiger partial charge in [-0.15, -0.1) is 0 Å². The van der Waals surface area contributed by atoms with E-state index in [1.54, 1.807) is 6.07 Å². The molecular weight excluding hydrogens is 211 g/mol. The van der Waals surface area contributed by atoms with Crippen LogP contribution in [0.4, 0.5) is 4.39 Å². The van der Waals surface area contributed by atoms with Gasteiger partial charge >= 0.3 is 0 Å². The Morgan fingerprint density at radius 3 is 2.56 bits per heavy atom. The van der Waals surface area contributed by atoms with Gasteiger partial charge in [0.1, 0.15) is 5.82 Å². The van der Waals surface area contributed by atoms with Gasteiger partial charge in [-0.2, -0.15) is 0 Å². The number of nitrogens with two attached hydrogens (primary N) is 2. The van der Waals surface area contributed by atoms with Crippen LogP contribution in [0, 0.1) is 5.82 Å². The van der Waals surface area contributed by atoms with Crippen LogP contribution in [0.3, 0.4) is 0 Å². The Bertz CT molecular complexity index is 332. The summed E-state index contributed by atoms with van der Waals surface area (Å²) in [7, 11) is 1.50. The minimum atomic E-state index is -0.553. The van der Waals surface area contributed by atoms with Crippen molar-refractivity contribution < 1.29 is 14.3 Å². The van der Waals surface area contributed by atoms with Crippen LogP contribution in [0.2, 0.25) is 0 Å². The van der Waals surface area contributed by atoms with E-state index in [1.807, 2.05) is 0 Å². The first-order valence-electron chi connectivity index (χ1n) is 4.85. The van der Waals surface area contributed by atoms with Gasteiger partial charge in [0.05, 0.1) is 12.2 Å². The predicted molar refractivity (Wildman–Crippen MR) is 60.7 cm³/mol. The molecule has 1 atom stereocenters. The van der Waals surface area contributed by atoms with E-state index in [2.05, 4.69) is 5.73 Å². The molecule has 0 aliphatic rings. The molecule has 0 radical (unpaired) electrons. The topological polar surface area (TPSA) is 89.3 Å². The molecule has 0 aliphatic carbocycles. The standard InChI is InChI=1S/C10H12FNO2.CH5N/c11-10-4-7(3-9(12)6-14)1-2-8(10)5-13;1-2/h1-2,4-5,9,14H,3,6,12H2;2H2,1H3. The van der Waals surface area contributed by atoms with Crippen LogP contribution in [0.25, 0.3) is 0 Å². The van der Waals surface area contributed by atoms with Crippen LogP contribution in [-0.4, -0.2) is 31.1 Å². The molecule has 0 aliphatic heterocycles. The van der Waals surface area contributed by atoms with E-state index in [4.69, 9.17) is 10.8 Å². The molecule has 0 amide bonds. The molecule has 0 spiro atoms. The number of aliphatic hydroxyl groups is 1. The molecule has 5 N–H and O–H groups in total. The van der Waals surface area contributed by atoms with Gasteiger partial charge in [0, 0.05) is 6.04 Å². The average Bonchev–Trinajstić information content (AvgIpc) is 2.32. The SMILES string of the molecule is CN.NC(CO)Cc1ccc(C=O)c(F)c1. The molecule has 1 aromatic rings. The second kappa shape index (κ2) is 7.92. The third-order valence-electron chi connectivity index (χ3n) is 1.92. The molecule has 0 heterocycles. The van der Waals surface area contributed by atoms with Gasteiger partial charge in [-0.3, -0.25) is 4.79 Å². The van der Waals surface area contributed by atoms with Crippen LogP contribution >= 0.6 is 0 Å². The summed E-state index contributed by atoms with van der Waals surface area (Å²) in [6.45, 7) is -0.142. The van der Waals surface area contributed by atoms with Crippen molar-refractivity contribution >= 4 is 6.29 Å². The van der Waals surface area contributed by atoms with Gasteiger partial charge < -0.3 is 16.6 Å². The zero-order valence-electron chi connectivity index (χ0n) is 9.19. The molecule has 16 heavy (non-hydrogen) atoms. The van der Waals surface area contributed by atoms with E-state index in [-0.39, 0.29) is 12.2 Å². The number of halogens is 1. The number of rotatable bonds is 4. The van der Waals surface area contributed by atoms with E-state index in [0.717, 1.165) is 0 Å². The largest absolute Gasteiger partial charge is 0.395 e. The third kappa shape index (κ3) is 4.48. The summed E-state index contributed by atoms with van der Waals surface area (Å²) < 4.78 is 13.1. The van der Waals surface area contributed by atoms with Crippen molar-refractivity contribution in [3.05, 3.63) is 35.1 Å². The monoisotopic (exact) mass is 228 g/mol. The highest BCUT2D eigenvalue weighted by molar-refractivity contribution is 5.75. The van der Waals surface area contributed by atoms with Crippen molar-refractivity contribution in [3.63, 3.8) is 0 Å². The third-order valence-corrected chi connectivity index (χ3v) is 1.92. The lowest BCUT2D eigenvalue weighted by atomic mass is 10.1. The van der Waals surface area contributed by atoms with Crippen LogP contribution in [0.1, 0.15) is 15.9 Å². The number of carbonyl (C=O) groups is 1. The first kappa shape index (κ1) is 14.7. The Hall–Kier alpha value is -1.30. The van der Waals surface area contributed by atoms with E-state index < -0.39 is 11.9 Å². The summed E-state index contributed by atoms with van der Waals surface area (Å²) in [6.07, 6.45) is 0.859. The van der Waals surface area contributed by atoms with Gasteiger partial charge in [-0.25, -0.2) is 4.39 Å². The Morgan fingerprint density at radius 1 is 1.50 bits per heavy atom. The molecule has 5 heteroatoms. The Balaban J connectivity index is 0.00000106. The van der Waals surface area contributed by atoms with Crippen molar-refractivity contribution in [2.24, 2.45) is 11.5 Å². The maximum Gasteiger partial charge on any atom is 0.152 e. The molecule has 1 rings (SSSR count). The molecule has 1 aromatic carbocycles. The predicted octanol–water partition coefficient (Wildman–Crippen LogP) is 0.0752. The highest BCUT2D eigenvalue weighted by Crippen LogP contribution is 2.09. The van der Waals surface area contributed by atoms with Crippen LogP contribution in [0.5, 0.6) is 0 Å². The summed E-state index contributed by atoms with van der Waals surface area (Å²) in [4.78, 5) is 10.3. The lowest BCUT2D eigenvalue weighted by molar-refractivity contribution is 0.112. The van der Waals surface area contributed by atoms with Crippen molar-refractivity contribution in [2.45, 2.75) is 12.5 Å². The Labute approximate surface area is 94.1 Å². The summed E-state index contributed by atoms with van der Waals surface area (Å²) in [5, 5.41) is 8.69. The fraction of sp³-hybridized carbons (Fsp3) is 0.364. The summed E-state index contributed by atoms with van der Waals surface area (Å²) >= 11 is 0. The first-order valence-corrected chi connectivity index (χ1v) is 4.85. The number of benzene rings is 1. The average molecular weight is 228 g/mol. The van der Waals surface area contributed by atoms with Crippen LogP contribution in [0.15, 0.2) is 18.2 Å². The number of carbonyl (C=O) groups excluding carboxylic acids is 1. The normalized spacial score (nSPS) is 11.3. The minimum absolute atomic E-state index is 0.0336. The molecule has 0 saturated heterocycles. The van der Waals surface area contributed by atoms with Gasteiger partial charge in [-0.05, 0) is 31.2 Å². The quantitative estimate of drug-likeness (QED) is 0.636. The lowest BCUT2D eigenvalue weighted by Crippen LogP contribution is -2.26. The second-order valence-corrected chi connectivity index (χ2v) is 3.12. The molecule has 0 fully saturated rings. The summed E-state index contributed by atoms with van der Waals surface area (Å²) in [5.74, 6) is -0.553. The fourth-order valence-electron chi connectivity index (χ4n) is 1.16. The van der Waals surface area contributed by atoms with Gasteiger partial charge in [0.15, 0.2) is 6.29 Å². The molecule has 90 valence electrons. The van der Waals surface area contributed by atoms with Gasteiger partial charge in [0.2, 0.25) is 0 Å². The maximum absolute atomic E-state index is 13.1. The van der Waals surface area contributed by atoms with Crippen molar-refractivity contribution in [1.29, 1.82) is 0 Å². The Morgan fingerprint density at radius 2 is 2.12 bits per heavy atom. The molecular formula is C11H17FN2O2. The summed E-state index contributed by atoms with van der Waals surface area (Å²) in [6, 6.07) is 3.90. The number of hydrogen-bond donors (Lipinski definition) is 3. The van der Waals surface area contributed by atoms with Crippen LogP contribution in [-0.2, 0) is 6.42 Å². The number of hydrogen-bond acceptors (Lipinski definition) is 4. The van der Waals surface area contributed by atoms with Crippen molar-refractivity contribution in [2.75, 3.05) is 13.7 Å². The molecule has 0 saturated carbocycles. The second-order valence-electron chi connectivity index (χ2n) is 3.12. The van der Waals surface area contributed by atoms with Crippen LogP contribution < -0.4 is 11.5 Å². The Kier molecular flexibility index (Phi) is 7.28. The molecule has 1 unspecified atom stereocenters. The molecule has 4 nitrogen and oxygen atoms in total. The van der Waals surface area contributed by atoms with Gasteiger partial charge in [0.25, 0.3) is 0 Å². The fourth-order valence-corrected chi connectivity index (χ4v) is 1.16. The zero-order valence-corrected chi connectivity index (χ0v) is 9.19. The van der Waals surface area contributed by atoms with Crippen molar-refractivity contribution in [1.82, 2.24) is 0 Å². The maximum atomic E-state index is 13.1. The highest BCUT2D eigenvalue weighted by atomic mass is 19.1. The van der Waals surface area contributed by atoms with E-state index in [9.17, 15) is 9.18 Å². The molecule has 0 aromatic heterocycles. The highest BCUT2D eigenvalue weighted by Gasteiger charge is 2.05. The van der Waals surface area contributed by atoms with E-state index >= 15 is 0 Å². The smallest absolute Gasteiger partial charge is 0.152 e. The number of aldehydes is 1. The summed E-state index contributed by atoms with van der Waals surface area (Å²) in [5.41, 5.74) is 10.7. The van der Waals surface area contributed by atoms with Gasteiger partial charge in [-0.1, -0.05) is 6.07 Å². The van der Waals surface area contributed by atoms with E-state index in [1.165, 1.54) is 19.2 Å². The minimum Gasteiger partial charge on any atom is -0.395 e.